The van der Waals surface area contributed by atoms with Crippen LogP contribution < -0.4 is 10.0 Å². The number of likely N-dealkylation sites (N-methyl/N-ethyl adjacent to an activating group) is 1. The van der Waals surface area contributed by atoms with Crippen molar-refractivity contribution in [3.05, 3.63) is 42.1 Å². The van der Waals surface area contributed by atoms with Crippen LogP contribution in [-0.2, 0) is 15.8 Å². The van der Waals surface area contributed by atoms with Crippen LogP contribution in [0.1, 0.15) is 19.4 Å². The number of pyridine rings is 1. The number of hydrogen-bond acceptors (Lipinski definition) is 4. The lowest BCUT2D eigenvalue weighted by Gasteiger charge is -2.14. The van der Waals surface area contributed by atoms with Gasteiger partial charge in [0.25, 0.3) is 0 Å². The molecule has 22 heavy (non-hydrogen) atoms. The van der Waals surface area contributed by atoms with Gasteiger partial charge in [0.1, 0.15) is 0 Å². The van der Waals surface area contributed by atoms with E-state index in [4.69, 9.17) is 0 Å². The van der Waals surface area contributed by atoms with Gasteiger partial charge in [-0.25, -0.2) is 13.1 Å². The first-order chi connectivity index (χ1) is 10.0. The number of sulfonamides is 1. The van der Waals surface area contributed by atoms with Crippen molar-refractivity contribution < 1.29 is 8.42 Å². The summed E-state index contributed by atoms with van der Waals surface area (Å²) in [5, 5.41) is 4.12. The average Bonchev–Trinajstić information content (AvgIpc) is 2.46. The highest BCUT2D eigenvalue weighted by Gasteiger charge is 2.15. The molecule has 0 saturated heterocycles. The van der Waals surface area contributed by atoms with E-state index in [9.17, 15) is 8.42 Å². The lowest BCUT2D eigenvalue weighted by Crippen LogP contribution is -2.39. The van der Waals surface area contributed by atoms with Crippen LogP contribution in [0.2, 0.25) is 0 Å². The zero-order valence-corrected chi connectivity index (χ0v) is 14.4. The Morgan fingerprint density at radius 3 is 2.68 bits per heavy atom. The first-order valence-electron chi connectivity index (χ1n) is 7.05. The maximum Gasteiger partial charge on any atom is 0.215 e. The number of rotatable bonds is 7. The number of fused-ring (bicyclic) bond motifs is 1. The fraction of sp³-hybridized carbons (Fsp3) is 0.400. The van der Waals surface area contributed by atoms with Gasteiger partial charge in [-0.2, -0.15) is 0 Å². The summed E-state index contributed by atoms with van der Waals surface area (Å²) in [5.74, 6) is -0.0554. The van der Waals surface area contributed by atoms with Crippen molar-refractivity contribution in [2.75, 3.05) is 13.1 Å². The van der Waals surface area contributed by atoms with E-state index in [2.05, 4.69) is 15.0 Å². The van der Waals surface area contributed by atoms with Crippen LogP contribution in [0.15, 0.2) is 36.5 Å². The summed E-state index contributed by atoms with van der Waals surface area (Å²) in [4.78, 5) is 4.29. The summed E-state index contributed by atoms with van der Waals surface area (Å²) in [7, 11) is -3.37. The summed E-state index contributed by atoms with van der Waals surface area (Å²) in [6.45, 7) is 5.14. The van der Waals surface area contributed by atoms with Gasteiger partial charge in [0.2, 0.25) is 10.0 Å². The summed E-state index contributed by atoms with van der Waals surface area (Å²) in [6.07, 6.45) is 1.68. The third kappa shape index (κ3) is 5.21. The zero-order chi connectivity index (χ0) is 15.3. The molecule has 1 aromatic heterocycles. The lowest BCUT2D eigenvalue weighted by atomic mass is 10.1. The van der Waals surface area contributed by atoms with Crippen LogP contribution in [0.25, 0.3) is 10.9 Å². The van der Waals surface area contributed by atoms with Crippen LogP contribution in [0.4, 0.5) is 0 Å². The molecule has 1 heterocycles. The van der Waals surface area contributed by atoms with Crippen molar-refractivity contribution in [3.8, 4) is 0 Å². The number of para-hydroxylation sites is 1. The maximum absolute atomic E-state index is 12.2. The van der Waals surface area contributed by atoms with Crippen molar-refractivity contribution in [1.82, 2.24) is 15.0 Å². The van der Waals surface area contributed by atoms with Gasteiger partial charge >= 0.3 is 0 Å². The maximum atomic E-state index is 12.2. The molecule has 1 atom stereocenters. The molecule has 0 spiro atoms. The quantitative estimate of drug-likeness (QED) is 0.807. The van der Waals surface area contributed by atoms with E-state index in [-0.39, 0.29) is 24.2 Å². The van der Waals surface area contributed by atoms with Gasteiger partial charge in [-0.15, -0.1) is 12.4 Å². The Morgan fingerprint density at radius 2 is 1.95 bits per heavy atom. The minimum absolute atomic E-state index is 0. The lowest BCUT2D eigenvalue weighted by molar-refractivity contribution is 0.536. The first kappa shape index (κ1) is 18.8. The molecule has 2 rings (SSSR count). The summed E-state index contributed by atoms with van der Waals surface area (Å²) < 4.78 is 27.0. The predicted octanol–water partition coefficient (Wildman–Crippen LogP) is 2.07. The summed E-state index contributed by atoms with van der Waals surface area (Å²) >= 11 is 0. The predicted molar refractivity (Wildman–Crippen MR) is 92.8 cm³/mol. The molecular formula is C15H22ClN3O2S. The third-order valence-corrected chi connectivity index (χ3v) is 4.52. The molecule has 0 radical (unpaired) electrons. The zero-order valence-electron chi connectivity index (χ0n) is 12.7. The van der Waals surface area contributed by atoms with Gasteiger partial charge in [-0.3, -0.25) is 4.98 Å². The van der Waals surface area contributed by atoms with E-state index in [1.54, 1.807) is 6.20 Å². The number of nitrogens with one attached hydrogen (secondary N) is 2. The highest BCUT2D eigenvalue weighted by Crippen LogP contribution is 2.17. The standard InChI is InChI=1S/C15H21N3O2S.ClH/c1-3-16-12(2)10-18-21(19,20)11-14-7-4-6-13-8-5-9-17-15(13)14;/h4-9,12,16,18H,3,10-11H2,1-2H3;1H/t12-;/m1./s1. The molecule has 7 heteroatoms. The van der Waals surface area contributed by atoms with Crippen molar-refractivity contribution in [1.29, 1.82) is 0 Å². The number of aromatic nitrogens is 1. The van der Waals surface area contributed by atoms with Crippen LogP contribution in [0.3, 0.4) is 0 Å². The van der Waals surface area contributed by atoms with Crippen LogP contribution >= 0.6 is 12.4 Å². The molecule has 0 aliphatic carbocycles. The second-order valence-corrected chi connectivity index (χ2v) is 6.87. The van der Waals surface area contributed by atoms with E-state index in [0.717, 1.165) is 23.0 Å². The van der Waals surface area contributed by atoms with Crippen LogP contribution in [0, 0.1) is 0 Å². The minimum Gasteiger partial charge on any atom is -0.313 e. The largest absolute Gasteiger partial charge is 0.313 e. The fourth-order valence-electron chi connectivity index (χ4n) is 2.21. The molecule has 0 amide bonds. The second-order valence-electron chi connectivity index (χ2n) is 5.06. The SMILES string of the molecule is CCN[C@H](C)CNS(=O)(=O)Cc1cccc2cccnc12.Cl. The average molecular weight is 344 g/mol. The van der Waals surface area contributed by atoms with Gasteiger partial charge in [0.05, 0.1) is 11.3 Å². The van der Waals surface area contributed by atoms with Crippen molar-refractivity contribution >= 4 is 33.3 Å². The van der Waals surface area contributed by atoms with Crippen LogP contribution in [-0.4, -0.2) is 32.5 Å². The Kier molecular flexibility index (Phi) is 7.22. The Morgan fingerprint density at radius 1 is 1.23 bits per heavy atom. The van der Waals surface area contributed by atoms with Crippen molar-refractivity contribution in [3.63, 3.8) is 0 Å². The molecule has 0 aliphatic rings. The van der Waals surface area contributed by atoms with Crippen LogP contribution in [0.5, 0.6) is 0 Å². The molecule has 0 unspecified atom stereocenters. The monoisotopic (exact) mass is 343 g/mol. The van der Waals surface area contributed by atoms with E-state index < -0.39 is 10.0 Å². The van der Waals surface area contributed by atoms with Gasteiger partial charge in [-0.05, 0) is 25.1 Å². The topological polar surface area (TPSA) is 71.1 Å². The van der Waals surface area contributed by atoms with Gasteiger partial charge in [-0.1, -0.05) is 31.2 Å². The Labute approximate surface area is 138 Å². The molecule has 1 aromatic carbocycles. The smallest absolute Gasteiger partial charge is 0.215 e. The molecular weight excluding hydrogens is 322 g/mol. The van der Waals surface area contributed by atoms with Crippen molar-refractivity contribution in [2.24, 2.45) is 0 Å². The van der Waals surface area contributed by atoms with E-state index in [1.165, 1.54) is 0 Å². The summed E-state index contributed by atoms with van der Waals surface area (Å²) in [6, 6.07) is 9.48. The number of halogens is 1. The normalized spacial score (nSPS) is 12.8. The molecule has 0 fully saturated rings. The van der Waals surface area contributed by atoms with Gasteiger partial charge in [0, 0.05) is 24.2 Å². The van der Waals surface area contributed by atoms with Gasteiger partial charge < -0.3 is 5.32 Å². The Hall–Kier alpha value is -1.21. The van der Waals surface area contributed by atoms with Gasteiger partial charge in [0.15, 0.2) is 0 Å². The molecule has 0 aliphatic heterocycles. The first-order valence-corrected chi connectivity index (χ1v) is 8.70. The summed E-state index contributed by atoms with van der Waals surface area (Å²) in [5.41, 5.74) is 1.46. The second kappa shape index (κ2) is 8.43. The van der Waals surface area contributed by atoms with E-state index in [0.29, 0.717) is 6.54 Å². The Bertz CT molecular complexity index is 702. The fourth-order valence-corrected chi connectivity index (χ4v) is 3.46. The molecule has 122 valence electrons. The molecule has 0 saturated carbocycles. The molecule has 5 nitrogen and oxygen atoms in total. The number of hydrogen-bond donors (Lipinski definition) is 2. The van der Waals surface area contributed by atoms with Crippen molar-refractivity contribution in [2.45, 2.75) is 25.6 Å². The number of benzene rings is 1. The van der Waals surface area contributed by atoms with E-state index >= 15 is 0 Å². The van der Waals surface area contributed by atoms with E-state index in [1.807, 2.05) is 44.2 Å². The Balaban J connectivity index is 0.00000242. The highest BCUT2D eigenvalue weighted by molar-refractivity contribution is 7.88. The number of nitrogens with zero attached hydrogens (tertiary/aromatic N) is 1. The molecule has 2 N–H and O–H groups in total. The third-order valence-electron chi connectivity index (χ3n) is 3.22. The molecule has 0 bridgehead atoms. The molecule has 2 aromatic rings. The highest BCUT2D eigenvalue weighted by atomic mass is 35.5. The minimum atomic E-state index is -3.37.